The van der Waals surface area contributed by atoms with E-state index in [-0.39, 0.29) is 23.1 Å². The van der Waals surface area contributed by atoms with E-state index in [9.17, 15) is 14.9 Å². The van der Waals surface area contributed by atoms with Gasteiger partial charge in [0.15, 0.2) is 0 Å². The number of carbonyl (C=O) groups excluding carboxylic acids is 1. The van der Waals surface area contributed by atoms with Crippen molar-refractivity contribution in [3.63, 3.8) is 0 Å². The van der Waals surface area contributed by atoms with Gasteiger partial charge in [-0.1, -0.05) is 24.0 Å². The number of carbonyl (C=O) groups is 1. The maximum absolute atomic E-state index is 13.1. The molecule has 1 atom stereocenters. The lowest BCUT2D eigenvalue weighted by Gasteiger charge is -2.25. The first kappa shape index (κ1) is 21.1. The van der Waals surface area contributed by atoms with Crippen molar-refractivity contribution in [2.24, 2.45) is 7.05 Å². The Balaban J connectivity index is 1.76. The van der Waals surface area contributed by atoms with Gasteiger partial charge >= 0.3 is 0 Å². The average Bonchev–Trinajstić information content (AvgIpc) is 3.47. The number of nitrogens with zero attached hydrogens (tertiary/aromatic N) is 4. The summed E-state index contributed by atoms with van der Waals surface area (Å²) in [6.45, 7) is 4.66. The molecule has 0 aromatic carbocycles. The molecule has 0 spiro atoms. The number of pyridine rings is 1. The second-order valence-corrected chi connectivity index (χ2v) is 9.51. The van der Waals surface area contributed by atoms with E-state index in [1.165, 1.54) is 16.3 Å². The fourth-order valence-electron chi connectivity index (χ4n) is 4.30. The molecule has 158 valence electrons. The summed E-state index contributed by atoms with van der Waals surface area (Å²) < 4.78 is 7.73. The molecule has 0 bridgehead atoms. The number of thioether (sulfide) groups is 1. The molecular weight excluding hydrogens is 420 g/mol. The van der Waals surface area contributed by atoms with Crippen LogP contribution in [0.4, 0.5) is 5.82 Å². The van der Waals surface area contributed by atoms with Crippen molar-refractivity contribution >= 4 is 46.1 Å². The fraction of sp³-hybridized carbons (Fsp3) is 0.524. The highest BCUT2D eigenvalue weighted by atomic mass is 32.2. The summed E-state index contributed by atoms with van der Waals surface area (Å²) in [4.78, 5) is 30.1. The van der Waals surface area contributed by atoms with Gasteiger partial charge in [0.05, 0.1) is 17.6 Å². The van der Waals surface area contributed by atoms with Gasteiger partial charge in [0, 0.05) is 32.3 Å². The van der Waals surface area contributed by atoms with Crippen LogP contribution < -0.4 is 10.5 Å². The summed E-state index contributed by atoms with van der Waals surface area (Å²) in [5, 5.41) is 9.55. The summed E-state index contributed by atoms with van der Waals surface area (Å²) in [6.07, 6.45) is 5.87. The van der Waals surface area contributed by atoms with Gasteiger partial charge in [-0.3, -0.25) is 19.1 Å². The Bertz CT molecular complexity index is 1030. The van der Waals surface area contributed by atoms with Gasteiger partial charge in [-0.2, -0.15) is 5.26 Å². The molecule has 1 aromatic heterocycles. The first-order valence-electron chi connectivity index (χ1n) is 10.2. The van der Waals surface area contributed by atoms with Gasteiger partial charge in [-0.25, -0.2) is 0 Å². The van der Waals surface area contributed by atoms with Crippen LogP contribution in [0, 0.1) is 18.3 Å². The molecule has 0 radical (unpaired) electrons. The lowest BCUT2D eigenvalue weighted by atomic mass is 10.0. The van der Waals surface area contributed by atoms with E-state index in [0.29, 0.717) is 21.3 Å². The van der Waals surface area contributed by atoms with Crippen LogP contribution >= 0.6 is 24.0 Å². The Morgan fingerprint density at radius 2 is 2.03 bits per heavy atom. The van der Waals surface area contributed by atoms with Crippen molar-refractivity contribution in [2.75, 3.05) is 31.1 Å². The highest BCUT2D eigenvalue weighted by molar-refractivity contribution is 8.26. The second-order valence-electron chi connectivity index (χ2n) is 7.83. The lowest BCUT2D eigenvalue weighted by Crippen LogP contribution is -2.35. The molecule has 0 saturated carbocycles. The SMILES string of the molecule is Cc1c(/C=C2\SC(=S)N(C[C@@H]3CCCO3)C2=O)c(N2CCCC2)n(C)c(=O)c1C#N. The number of hydrogen-bond acceptors (Lipinski definition) is 7. The van der Waals surface area contributed by atoms with E-state index >= 15 is 0 Å². The number of nitriles is 1. The molecule has 0 aliphatic carbocycles. The molecule has 3 saturated heterocycles. The molecule has 4 heterocycles. The van der Waals surface area contributed by atoms with E-state index in [0.717, 1.165) is 56.8 Å². The molecule has 0 N–H and O–H groups in total. The molecule has 0 unspecified atom stereocenters. The number of rotatable bonds is 4. The molecule has 4 rings (SSSR count). The molecular formula is C21H24N4O3S2. The van der Waals surface area contributed by atoms with Gasteiger partial charge in [0.1, 0.15) is 21.8 Å². The van der Waals surface area contributed by atoms with Crippen molar-refractivity contribution in [3.8, 4) is 6.07 Å². The van der Waals surface area contributed by atoms with E-state index in [1.807, 2.05) is 6.07 Å². The van der Waals surface area contributed by atoms with Crippen molar-refractivity contribution in [1.82, 2.24) is 9.47 Å². The summed E-state index contributed by atoms with van der Waals surface area (Å²) >= 11 is 6.74. The number of thiocarbonyl (C=S) groups is 1. The Kier molecular flexibility index (Phi) is 6.00. The Hall–Kier alpha value is -2.15. The van der Waals surface area contributed by atoms with Gasteiger partial charge in [-0.05, 0) is 44.2 Å². The first-order chi connectivity index (χ1) is 14.4. The Labute approximate surface area is 185 Å². The number of anilines is 1. The quantitative estimate of drug-likeness (QED) is 0.522. The molecule has 9 heteroatoms. The minimum atomic E-state index is -0.306. The molecule has 3 aliphatic rings. The zero-order valence-corrected chi connectivity index (χ0v) is 18.8. The third-order valence-electron chi connectivity index (χ3n) is 5.93. The van der Waals surface area contributed by atoms with Crippen molar-refractivity contribution in [2.45, 2.75) is 38.7 Å². The molecule has 30 heavy (non-hydrogen) atoms. The summed E-state index contributed by atoms with van der Waals surface area (Å²) in [5.41, 5.74) is 1.15. The normalized spacial score (nSPS) is 23.1. The Morgan fingerprint density at radius 3 is 2.67 bits per heavy atom. The van der Waals surface area contributed by atoms with Gasteiger partial charge in [0.25, 0.3) is 11.5 Å². The van der Waals surface area contributed by atoms with E-state index in [2.05, 4.69) is 4.90 Å². The third kappa shape index (κ3) is 3.68. The van der Waals surface area contributed by atoms with Crippen LogP contribution in [-0.2, 0) is 16.6 Å². The van der Waals surface area contributed by atoms with Gasteiger partial charge in [-0.15, -0.1) is 0 Å². The van der Waals surface area contributed by atoms with Crippen LogP contribution in [-0.4, -0.2) is 52.0 Å². The molecule has 1 aromatic rings. The molecule has 3 fully saturated rings. The number of hydrogen-bond donors (Lipinski definition) is 0. The minimum absolute atomic E-state index is 0.0245. The predicted molar refractivity (Wildman–Crippen MR) is 121 cm³/mol. The second kappa shape index (κ2) is 8.53. The average molecular weight is 445 g/mol. The van der Waals surface area contributed by atoms with Crippen molar-refractivity contribution < 1.29 is 9.53 Å². The number of ether oxygens (including phenoxy) is 1. The topological polar surface area (TPSA) is 78.6 Å². The number of amides is 1. The smallest absolute Gasteiger partial charge is 0.270 e. The van der Waals surface area contributed by atoms with Gasteiger partial charge < -0.3 is 9.64 Å². The van der Waals surface area contributed by atoms with Crippen LogP contribution in [0.2, 0.25) is 0 Å². The van der Waals surface area contributed by atoms with E-state index < -0.39 is 0 Å². The Morgan fingerprint density at radius 1 is 1.30 bits per heavy atom. The minimum Gasteiger partial charge on any atom is -0.376 e. The largest absolute Gasteiger partial charge is 0.376 e. The van der Waals surface area contributed by atoms with Crippen LogP contribution in [0.15, 0.2) is 9.70 Å². The van der Waals surface area contributed by atoms with Crippen LogP contribution in [0.5, 0.6) is 0 Å². The zero-order valence-electron chi connectivity index (χ0n) is 17.1. The molecule has 7 nitrogen and oxygen atoms in total. The van der Waals surface area contributed by atoms with Crippen LogP contribution in [0.3, 0.4) is 0 Å². The molecule has 1 amide bonds. The maximum atomic E-state index is 13.1. The highest BCUT2D eigenvalue weighted by Gasteiger charge is 2.35. The standard InChI is InChI=1S/C21H24N4O3S2/c1-13-15(18(24-7-3-4-8-24)23(2)19(26)16(13)11-22)10-17-20(27)25(21(29)30-17)12-14-6-5-9-28-14/h10,14H,3-9,12H2,1-2H3/b17-10-/t14-/m0/s1. The monoisotopic (exact) mass is 444 g/mol. The lowest BCUT2D eigenvalue weighted by molar-refractivity contribution is -0.123. The van der Waals surface area contributed by atoms with Crippen LogP contribution in [0.25, 0.3) is 6.08 Å². The van der Waals surface area contributed by atoms with E-state index in [4.69, 9.17) is 17.0 Å². The summed E-state index contributed by atoms with van der Waals surface area (Å²) in [5.74, 6) is 0.623. The maximum Gasteiger partial charge on any atom is 0.270 e. The fourth-order valence-corrected chi connectivity index (χ4v) is 5.56. The summed E-state index contributed by atoms with van der Waals surface area (Å²) in [7, 11) is 1.69. The molecule has 3 aliphatic heterocycles. The van der Waals surface area contributed by atoms with E-state index in [1.54, 1.807) is 24.9 Å². The summed E-state index contributed by atoms with van der Waals surface area (Å²) in [6, 6.07) is 2.04. The number of aromatic nitrogens is 1. The first-order valence-corrected chi connectivity index (χ1v) is 11.4. The zero-order chi connectivity index (χ0) is 21.4. The third-order valence-corrected chi connectivity index (χ3v) is 7.31. The predicted octanol–water partition coefficient (Wildman–Crippen LogP) is 2.55. The highest BCUT2D eigenvalue weighted by Crippen LogP contribution is 2.36. The van der Waals surface area contributed by atoms with Crippen LogP contribution in [0.1, 0.15) is 42.4 Å². The van der Waals surface area contributed by atoms with Crippen molar-refractivity contribution in [1.29, 1.82) is 5.26 Å². The van der Waals surface area contributed by atoms with Crippen molar-refractivity contribution in [3.05, 3.63) is 31.9 Å². The van der Waals surface area contributed by atoms with Gasteiger partial charge in [0.2, 0.25) is 0 Å².